The molecule has 3 rings (SSSR count). The summed E-state index contributed by atoms with van der Waals surface area (Å²) in [4.78, 5) is 3.64. The van der Waals surface area contributed by atoms with Crippen LogP contribution in [0.3, 0.4) is 0 Å². The third kappa shape index (κ3) is 1.61. The lowest BCUT2D eigenvalue weighted by atomic mass is 9.99. The molecule has 0 bridgehead atoms. The highest BCUT2D eigenvalue weighted by Gasteiger charge is 2.22. The Labute approximate surface area is 104 Å². The van der Waals surface area contributed by atoms with Gasteiger partial charge in [-0.05, 0) is 39.7 Å². The summed E-state index contributed by atoms with van der Waals surface area (Å²) in [5, 5.41) is 0. The third-order valence-corrected chi connectivity index (χ3v) is 3.28. The molecule has 1 aliphatic heterocycles. The van der Waals surface area contributed by atoms with Gasteiger partial charge in [0.2, 0.25) is 11.8 Å². The van der Waals surface area contributed by atoms with Crippen molar-refractivity contribution < 1.29 is 13.5 Å². The monoisotopic (exact) mass is 297 g/mol. The Morgan fingerprint density at radius 1 is 1.12 bits per heavy atom. The molecule has 0 amide bonds. The number of benzene rings is 1. The predicted octanol–water partition coefficient (Wildman–Crippen LogP) is 3.68. The molecule has 2 nitrogen and oxygen atoms in total. The van der Waals surface area contributed by atoms with Gasteiger partial charge < -0.3 is 4.74 Å². The summed E-state index contributed by atoms with van der Waals surface area (Å²) in [6, 6.07) is 6.16. The average molecular weight is 298 g/mol. The zero-order valence-electron chi connectivity index (χ0n) is 8.51. The smallest absolute Gasteiger partial charge is 0.224 e. The molecule has 86 valence electrons. The fraction of sp³-hybridized carbons (Fsp3) is 0.0833. The maximum Gasteiger partial charge on any atom is 0.224 e. The average Bonchev–Trinajstić information content (AvgIpc) is 2.33. The van der Waals surface area contributed by atoms with Crippen LogP contribution in [-0.4, -0.2) is 4.98 Å². The van der Waals surface area contributed by atoms with E-state index in [2.05, 4.69) is 20.9 Å². The Morgan fingerprint density at radius 2 is 1.88 bits per heavy atom. The second kappa shape index (κ2) is 3.77. The maximum absolute atomic E-state index is 13.8. The normalized spacial score (nSPS) is 12.6. The van der Waals surface area contributed by atoms with Gasteiger partial charge in [-0.2, -0.15) is 9.37 Å². The van der Waals surface area contributed by atoms with E-state index in [4.69, 9.17) is 4.74 Å². The summed E-state index contributed by atoms with van der Waals surface area (Å²) >= 11 is 3.12. The van der Waals surface area contributed by atoms with Crippen molar-refractivity contribution >= 4 is 15.9 Å². The van der Waals surface area contributed by atoms with Crippen molar-refractivity contribution in [2.45, 2.75) is 6.61 Å². The van der Waals surface area contributed by atoms with Crippen LogP contribution in [0.25, 0.3) is 11.1 Å². The molecule has 0 unspecified atom stereocenters. The molecule has 1 aromatic carbocycles. The van der Waals surface area contributed by atoms with E-state index in [-0.39, 0.29) is 18.3 Å². The number of halogens is 3. The lowest BCUT2D eigenvalue weighted by Gasteiger charge is -2.20. The summed E-state index contributed by atoms with van der Waals surface area (Å²) in [6.07, 6.45) is 0. The van der Waals surface area contributed by atoms with E-state index >= 15 is 0 Å². The van der Waals surface area contributed by atoms with E-state index in [1.807, 2.05) is 0 Å². The summed E-state index contributed by atoms with van der Waals surface area (Å²) in [6.45, 7) is 0.0596. The van der Waals surface area contributed by atoms with Gasteiger partial charge in [-0.25, -0.2) is 4.39 Å². The highest BCUT2D eigenvalue weighted by atomic mass is 79.9. The quantitative estimate of drug-likeness (QED) is 0.692. The van der Waals surface area contributed by atoms with Crippen LogP contribution in [0.15, 0.2) is 28.7 Å². The zero-order chi connectivity index (χ0) is 12.0. The van der Waals surface area contributed by atoms with Crippen LogP contribution in [0.1, 0.15) is 5.56 Å². The van der Waals surface area contributed by atoms with E-state index in [0.29, 0.717) is 21.2 Å². The van der Waals surface area contributed by atoms with Crippen molar-refractivity contribution in [2.75, 3.05) is 0 Å². The second-order valence-corrected chi connectivity index (χ2v) is 4.52. The molecule has 0 fully saturated rings. The van der Waals surface area contributed by atoms with Crippen LogP contribution < -0.4 is 4.74 Å². The van der Waals surface area contributed by atoms with Gasteiger partial charge in [-0.3, -0.25) is 0 Å². The molecule has 1 aliphatic rings. The van der Waals surface area contributed by atoms with Crippen molar-refractivity contribution in [1.29, 1.82) is 0 Å². The molecule has 0 aliphatic carbocycles. The van der Waals surface area contributed by atoms with Gasteiger partial charge in [0.25, 0.3) is 0 Å². The number of ether oxygens (including phenoxy) is 1. The van der Waals surface area contributed by atoms with Crippen LogP contribution in [-0.2, 0) is 6.61 Å². The van der Waals surface area contributed by atoms with Crippen LogP contribution in [0, 0.1) is 11.8 Å². The van der Waals surface area contributed by atoms with Crippen LogP contribution in [0.4, 0.5) is 8.78 Å². The molecule has 0 saturated heterocycles. The second-order valence-electron chi connectivity index (χ2n) is 3.66. The lowest BCUT2D eigenvalue weighted by Crippen LogP contribution is -2.10. The van der Waals surface area contributed by atoms with Crippen molar-refractivity contribution in [2.24, 2.45) is 0 Å². The number of pyridine rings is 1. The molecule has 0 saturated carbocycles. The minimum Gasteiger partial charge on any atom is -0.472 e. The van der Waals surface area contributed by atoms with Crippen LogP contribution in [0.5, 0.6) is 5.88 Å². The van der Waals surface area contributed by atoms with Gasteiger partial charge >= 0.3 is 0 Å². The molecule has 2 aromatic rings. The van der Waals surface area contributed by atoms with Crippen molar-refractivity contribution in [3.8, 4) is 17.0 Å². The molecule has 0 N–H and O–H groups in total. The van der Waals surface area contributed by atoms with E-state index in [9.17, 15) is 8.78 Å². The first-order valence-corrected chi connectivity index (χ1v) is 5.72. The van der Waals surface area contributed by atoms with E-state index < -0.39 is 5.95 Å². The number of aromatic nitrogens is 1. The van der Waals surface area contributed by atoms with Crippen LogP contribution >= 0.6 is 15.9 Å². The fourth-order valence-corrected chi connectivity index (χ4v) is 2.23. The Balaban J connectivity index is 2.27. The van der Waals surface area contributed by atoms with Crippen molar-refractivity contribution in [3.63, 3.8) is 0 Å². The molecule has 1 aromatic heterocycles. The number of nitrogens with zero attached hydrogens (tertiary/aromatic N) is 1. The molecule has 0 spiro atoms. The van der Waals surface area contributed by atoms with Crippen molar-refractivity contribution in [1.82, 2.24) is 4.98 Å². The topological polar surface area (TPSA) is 22.1 Å². The third-order valence-electron chi connectivity index (χ3n) is 2.67. The number of hydrogen-bond donors (Lipinski definition) is 0. The Bertz CT molecular complexity index is 616. The summed E-state index contributed by atoms with van der Waals surface area (Å²) in [7, 11) is 0. The molecule has 5 heteroatoms. The Hall–Kier alpha value is -1.49. The SMILES string of the molecule is Fc1ccc2c(n1)OCc1c-2ccc(Br)c1F. The lowest BCUT2D eigenvalue weighted by molar-refractivity contribution is 0.279. The molecular weight excluding hydrogens is 292 g/mol. The highest BCUT2D eigenvalue weighted by molar-refractivity contribution is 9.10. The maximum atomic E-state index is 13.8. The van der Waals surface area contributed by atoms with Crippen LogP contribution in [0.2, 0.25) is 0 Å². The standard InChI is InChI=1S/C12H6BrF2NO/c13-9-3-1-6-7-2-4-10(14)16-12(7)17-5-8(6)11(9)15/h1-4H,5H2. The van der Waals surface area contributed by atoms with Gasteiger partial charge in [-0.1, -0.05) is 6.07 Å². The molecule has 0 radical (unpaired) electrons. The van der Waals surface area contributed by atoms with Gasteiger partial charge in [-0.15, -0.1) is 0 Å². The number of fused-ring (bicyclic) bond motifs is 3. The summed E-state index contributed by atoms with van der Waals surface area (Å²) in [5.74, 6) is -0.749. The Kier molecular flexibility index (Phi) is 2.36. The molecule has 2 heterocycles. The molecular formula is C12H6BrF2NO. The van der Waals surface area contributed by atoms with Gasteiger partial charge in [0, 0.05) is 11.1 Å². The minimum absolute atomic E-state index is 0.0596. The zero-order valence-corrected chi connectivity index (χ0v) is 10.1. The summed E-state index contributed by atoms with van der Waals surface area (Å²) in [5.41, 5.74) is 1.76. The number of rotatable bonds is 0. The first kappa shape index (κ1) is 10.7. The first-order valence-electron chi connectivity index (χ1n) is 4.93. The largest absolute Gasteiger partial charge is 0.472 e. The molecule has 17 heavy (non-hydrogen) atoms. The van der Waals surface area contributed by atoms with E-state index in [1.54, 1.807) is 18.2 Å². The van der Waals surface area contributed by atoms with Gasteiger partial charge in [0.15, 0.2) is 0 Å². The van der Waals surface area contributed by atoms with Gasteiger partial charge in [0.1, 0.15) is 12.4 Å². The Morgan fingerprint density at radius 3 is 2.71 bits per heavy atom. The highest BCUT2D eigenvalue weighted by Crippen LogP contribution is 2.38. The summed E-state index contributed by atoms with van der Waals surface area (Å²) < 4.78 is 32.4. The predicted molar refractivity (Wildman–Crippen MR) is 61.6 cm³/mol. The molecule has 0 atom stereocenters. The van der Waals surface area contributed by atoms with E-state index in [1.165, 1.54) is 6.07 Å². The van der Waals surface area contributed by atoms with E-state index in [0.717, 1.165) is 0 Å². The minimum atomic E-state index is -0.607. The fourth-order valence-electron chi connectivity index (χ4n) is 1.86. The number of hydrogen-bond acceptors (Lipinski definition) is 2. The first-order chi connectivity index (χ1) is 8.16. The van der Waals surface area contributed by atoms with Crippen molar-refractivity contribution in [3.05, 3.63) is 46.1 Å². The van der Waals surface area contributed by atoms with Gasteiger partial charge in [0.05, 0.1) is 4.47 Å².